The van der Waals surface area contributed by atoms with Gasteiger partial charge in [-0.3, -0.25) is 0 Å². The molecule has 2 N–H and O–H groups in total. The first-order valence-corrected chi connectivity index (χ1v) is 3.35. The van der Waals surface area contributed by atoms with Crippen LogP contribution in [0.15, 0.2) is 0 Å². The number of hydrogen-bond donors (Lipinski definition) is 0. The van der Waals surface area contributed by atoms with E-state index in [9.17, 15) is 0 Å². The third-order valence-corrected chi connectivity index (χ3v) is 0. The molecule has 0 bridgehead atoms. The predicted molar refractivity (Wildman–Crippen MR) is 19.4 cm³/mol. The third kappa shape index (κ3) is 9.39. The van der Waals surface area contributed by atoms with Crippen molar-refractivity contribution in [1.82, 2.24) is 0 Å². The molecular formula is H5AlClOZr. The van der Waals surface area contributed by atoms with Crippen LogP contribution in [0.2, 0.25) is 0 Å². The summed E-state index contributed by atoms with van der Waals surface area (Å²) >= 11 is 1.02. The molecule has 0 aromatic rings. The third-order valence-electron chi connectivity index (χ3n) is 0. The summed E-state index contributed by atoms with van der Waals surface area (Å²) in [6.45, 7) is 0. The second kappa shape index (κ2) is 22.6. The fourth-order valence-electron chi connectivity index (χ4n) is 0. The molecule has 0 aromatic heterocycles. The van der Waals surface area contributed by atoms with Crippen molar-refractivity contribution >= 4 is 25.9 Å². The van der Waals surface area contributed by atoms with Crippen molar-refractivity contribution in [3.8, 4) is 0 Å². The monoisotopic (exact) mass is 173 g/mol. The summed E-state index contributed by atoms with van der Waals surface area (Å²) in [6, 6.07) is 0. The topological polar surface area (TPSA) is 31.5 Å². The average molecular weight is 175 g/mol. The van der Waals surface area contributed by atoms with E-state index in [1.807, 2.05) is 0 Å². The van der Waals surface area contributed by atoms with E-state index in [2.05, 4.69) is 0 Å². The first-order chi connectivity index (χ1) is 1.00. The Bertz CT molecular complexity index is 8.00. The second-order valence-corrected chi connectivity index (χ2v) is 0. The van der Waals surface area contributed by atoms with E-state index in [1.165, 1.54) is 0 Å². The molecule has 0 radical (unpaired) electrons. The number of halogens is 1. The summed E-state index contributed by atoms with van der Waals surface area (Å²) in [4.78, 5) is 0. The first kappa shape index (κ1) is 17.4. The van der Waals surface area contributed by atoms with E-state index in [0.29, 0.717) is 0 Å². The van der Waals surface area contributed by atoms with Crippen molar-refractivity contribution in [1.29, 1.82) is 0 Å². The molecular weight excluding hydrogens is 170 g/mol. The maximum atomic E-state index is 4.73. The minimum absolute atomic E-state index is 0. The van der Waals surface area contributed by atoms with Gasteiger partial charge < -0.3 is 5.48 Å². The zero-order valence-corrected chi connectivity index (χ0v) is 4.59. The first-order valence-electron chi connectivity index (χ1n) is 0.189. The zero-order chi connectivity index (χ0) is 2.00. The van der Waals surface area contributed by atoms with E-state index >= 15 is 0 Å². The number of rotatable bonds is 0. The van der Waals surface area contributed by atoms with E-state index < -0.39 is 0 Å². The van der Waals surface area contributed by atoms with Crippen LogP contribution in [-0.2, 0) is 23.5 Å². The van der Waals surface area contributed by atoms with Gasteiger partial charge in [0.2, 0.25) is 0 Å². The number of hydrogen-bond acceptors (Lipinski definition) is 0. The van der Waals surface area contributed by atoms with Gasteiger partial charge in [0, 0.05) is 0 Å². The molecule has 0 rings (SSSR count). The normalized spacial score (nSPS) is 1.00. The molecule has 1 nitrogen and oxygen atoms in total. The SMILES string of the molecule is O.[AlH3].[Cl][Zr]. The quantitative estimate of drug-likeness (QED) is 0.408. The standard InChI is InChI=1S/Al.ClH.H2O.Zr.3H/h;1H;1H2;;;;/q;;;+1;;;/p-1. The van der Waals surface area contributed by atoms with E-state index in [1.54, 1.807) is 0 Å². The van der Waals surface area contributed by atoms with Crippen LogP contribution < -0.4 is 0 Å². The van der Waals surface area contributed by atoms with E-state index in [0.717, 1.165) is 23.5 Å². The molecule has 4 heavy (non-hydrogen) atoms. The van der Waals surface area contributed by atoms with Gasteiger partial charge in [-0.2, -0.15) is 0 Å². The van der Waals surface area contributed by atoms with Gasteiger partial charge in [0.15, 0.2) is 17.4 Å². The summed E-state index contributed by atoms with van der Waals surface area (Å²) in [7, 11) is 4.73. The van der Waals surface area contributed by atoms with Gasteiger partial charge in [-0.05, 0) is 0 Å². The van der Waals surface area contributed by atoms with Gasteiger partial charge in [0.1, 0.15) is 0 Å². The van der Waals surface area contributed by atoms with Crippen molar-refractivity contribution in [3.05, 3.63) is 0 Å². The molecule has 0 spiro atoms. The van der Waals surface area contributed by atoms with Crippen LogP contribution in [0.4, 0.5) is 0 Å². The molecule has 0 aliphatic heterocycles. The zero-order valence-electron chi connectivity index (χ0n) is 1.38. The van der Waals surface area contributed by atoms with Crippen molar-refractivity contribution in [2.24, 2.45) is 0 Å². The van der Waals surface area contributed by atoms with Gasteiger partial charge in [-0.25, -0.2) is 0 Å². The van der Waals surface area contributed by atoms with E-state index in [4.69, 9.17) is 8.51 Å². The Kier molecular flexibility index (Phi) is 98.1. The van der Waals surface area contributed by atoms with Gasteiger partial charge >= 0.3 is 32.0 Å². The van der Waals surface area contributed by atoms with Gasteiger partial charge in [-0.15, -0.1) is 0 Å². The van der Waals surface area contributed by atoms with Crippen molar-refractivity contribution in [3.63, 3.8) is 0 Å². The summed E-state index contributed by atoms with van der Waals surface area (Å²) in [5, 5.41) is 0. The summed E-state index contributed by atoms with van der Waals surface area (Å²) in [5.41, 5.74) is 0. The van der Waals surface area contributed by atoms with E-state index in [-0.39, 0.29) is 22.8 Å². The van der Waals surface area contributed by atoms with Crippen molar-refractivity contribution in [2.75, 3.05) is 0 Å². The van der Waals surface area contributed by atoms with Gasteiger partial charge in [0.25, 0.3) is 0 Å². The van der Waals surface area contributed by atoms with Crippen LogP contribution in [0.25, 0.3) is 0 Å². The van der Waals surface area contributed by atoms with Gasteiger partial charge in [-0.1, -0.05) is 0 Å². The molecule has 0 aliphatic rings. The van der Waals surface area contributed by atoms with Crippen LogP contribution in [0, 0.1) is 0 Å². The van der Waals surface area contributed by atoms with Crippen LogP contribution in [-0.4, -0.2) is 22.8 Å². The summed E-state index contributed by atoms with van der Waals surface area (Å²) in [6.07, 6.45) is 0. The van der Waals surface area contributed by atoms with Crippen molar-refractivity contribution < 1.29 is 29.0 Å². The summed E-state index contributed by atoms with van der Waals surface area (Å²) in [5.74, 6) is 0. The second-order valence-electron chi connectivity index (χ2n) is 0. The molecule has 0 unspecified atom stereocenters. The molecule has 0 amide bonds. The Morgan fingerprint density at radius 3 is 1.25 bits per heavy atom. The van der Waals surface area contributed by atoms with Gasteiger partial charge in [0.05, 0.1) is 0 Å². The fourth-order valence-corrected chi connectivity index (χ4v) is 0. The molecule has 25 valence electrons. The van der Waals surface area contributed by atoms with Crippen molar-refractivity contribution in [2.45, 2.75) is 0 Å². The maximum absolute atomic E-state index is 4.73. The molecule has 0 aromatic carbocycles. The molecule has 4 heteroatoms. The molecule has 0 fully saturated rings. The molecule has 0 saturated carbocycles. The van der Waals surface area contributed by atoms with Crippen LogP contribution in [0.3, 0.4) is 0 Å². The Morgan fingerprint density at radius 1 is 1.25 bits per heavy atom. The van der Waals surface area contributed by atoms with Crippen LogP contribution >= 0.6 is 8.51 Å². The predicted octanol–water partition coefficient (Wildman–Crippen LogP) is -1.32. The molecule has 0 saturated heterocycles. The molecule has 0 atom stereocenters. The Balaban J connectivity index is -0.00000000500. The molecule has 0 heterocycles. The Labute approximate surface area is 54.6 Å². The minimum atomic E-state index is 0. The summed E-state index contributed by atoms with van der Waals surface area (Å²) < 4.78 is 0. The van der Waals surface area contributed by atoms with Crippen LogP contribution in [0.1, 0.15) is 0 Å². The fraction of sp³-hybridized carbons (Fsp3) is 0. The Hall–Kier alpha value is 1.67. The Morgan fingerprint density at radius 2 is 1.25 bits per heavy atom. The molecule has 0 aliphatic carbocycles. The van der Waals surface area contributed by atoms with Crippen LogP contribution in [0.5, 0.6) is 0 Å². The average Bonchev–Trinajstić information content (AvgIpc) is 1.00.